The Morgan fingerprint density at radius 3 is 1.15 bits per heavy atom. The molecule has 0 aliphatic carbocycles. The first kappa shape index (κ1) is 16.3. The molecule has 0 N–H and O–H groups in total. The summed E-state index contributed by atoms with van der Waals surface area (Å²) < 4.78 is 0. The van der Waals surface area contributed by atoms with Gasteiger partial charge in [-0.3, -0.25) is 0 Å². The lowest BCUT2D eigenvalue weighted by atomic mass is 9.97. The molecule has 0 saturated heterocycles. The van der Waals surface area contributed by atoms with Crippen LogP contribution in [0.4, 0.5) is 0 Å². The normalized spacial score (nSPS) is 13.8. The summed E-state index contributed by atoms with van der Waals surface area (Å²) in [6.07, 6.45) is 0. The first-order valence-corrected chi connectivity index (χ1v) is 16.6. The Bertz CT molecular complexity index is 1180. The van der Waals surface area contributed by atoms with Gasteiger partial charge in [-0.15, -0.1) is 0 Å². The molecule has 0 unspecified atom stereocenters. The van der Waals surface area contributed by atoms with Gasteiger partial charge in [-0.25, -0.2) is 0 Å². The van der Waals surface area contributed by atoms with Gasteiger partial charge in [0, 0.05) is 0 Å². The molecule has 5 rings (SSSR count). The van der Waals surface area contributed by atoms with E-state index >= 15 is 0 Å². The van der Waals surface area contributed by atoms with E-state index in [9.17, 15) is 0 Å². The van der Waals surface area contributed by atoms with Crippen molar-refractivity contribution in [3.8, 4) is 0 Å². The second kappa shape index (κ2) is 4.87. The highest BCUT2D eigenvalue weighted by Gasteiger charge is 2.27. The largest absolute Gasteiger partial charge is 0.0784 e. The summed E-state index contributed by atoms with van der Waals surface area (Å²) in [6.45, 7) is 14.8. The lowest BCUT2D eigenvalue weighted by Gasteiger charge is -2.15. The molecule has 130 valence electrons. The topological polar surface area (TPSA) is 0 Å². The molecular weight excluding hydrogens is 344 g/mol. The molecule has 0 amide bonds. The third kappa shape index (κ3) is 2.00. The van der Waals surface area contributed by atoms with E-state index in [1.165, 1.54) is 43.1 Å². The zero-order valence-corrected chi connectivity index (χ0v) is 18.6. The van der Waals surface area contributed by atoms with Crippen LogP contribution < -0.4 is 10.4 Å². The van der Waals surface area contributed by atoms with Crippen LogP contribution in [0.2, 0.25) is 39.3 Å². The molecule has 0 heterocycles. The van der Waals surface area contributed by atoms with Gasteiger partial charge in [-0.2, -0.15) is 0 Å². The first-order chi connectivity index (χ1) is 12.2. The van der Waals surface area contributed by atoms with Crippen LogP contribution in [0.3, 0.4) is 0 Å². The van der Waals surface area contributed by atoms with Crippen molar-refractivity contribution in [3.63, 3.8) is 0 Å². The van der Waals surface area contributed by atoms with Gasteiger partial charge in [0.05, 0.1) is 16.1 Å². The predicted molar refractivity (Wildman–Crippen MR) is 125 cm³/mol. The number of fused-ring (bicyclic) bond motifs is 2. The van der Waals surface area contributed by atoms with Crippen molar-refractivity contribution in [1.82, 2.24) is 0 Å². The molecule has 0 bridgehead atoms. The first-order valence-electron chi connectivity index (χ1n) is 9.64. The van der Waals surface area contributed by atoms with E-state index in [-0.39, 0.29) is 0 Å². The number of rotatable bonds is 2. The molecule has 0 aliphatic heterocycles. The van der Waals surface area contributed by atoms with Crippen molar-refractivity contribution in [2.75, 3.05) is 0 Å². The molecule has 0 atom stereocenters. The summed E-state index contributed by atoms with van der Waals surface area (Å²) >= 11 is 0. The van der Waals surface area contributed by atoms with Crippen molar-refractivity contribution in [3.05, 3.63) is 48.5 Å². The van der Waals surface area contributed by atoms with Crippen molar-refractivity contribution in [1.29, 1.82) is 0 Å². The SMILES string of the molecule is C[Si](C)(C)c1cc2c3cccc4c([Si](C)(C)C)cc(c5cccc1c52)c43. The Balaban J connectivity index is 2.10. The molecule has 2 heteroatoms. The fourth-order valence-electron chi connectivity index (χ4n) is 4.84. The third-order valence-electron chi connectivity index (χ3n) is 6.02. The van der Waals surface area contributed by atoms with E-state index in [4.69, 9.17) is 0 Å². The molecule has 0 spiro atoms. The van der Waals surface area contributed by atoms with Crippen LogP contribution in [0, 0.1) is 0 Å². The molecule has 0 aliphatic rings. The predicted octanol–water partition coefficient (Wildman–Crippen LogP) is 6.27. The lowest BCUT2D eigenvalue weighted by Crippen LogP contribution is -2.36. The molecule has 0 radical (unpaired) electrons. The molecule has 0 fully saturated rings. The molecule has 5 aromatic carbocycles. The van der Waals surface area contributed by atoms with Gasteiger partial charge in [0.2, 0.25) is 0 Å². The van der Waals surface area contributed by atoms with Crippen LogP contribution in [0.15, 0.2) is 48.5 Å². The van der Waals surface area contributed by atoms with Crippen molar-refractivity contribution < 1.29 is 0 Å². The Hall–Kier alpha value is -1.91. The molecule has 0 aromatic heterocycles. The van der Waals surface area contributed by atoms with Crippen LogP contribution >= 0.6 is 0 Å². The van der Waals surface area contributed by atoms with Crippen molar-refractivity contribution in [2.24, 2.45) is 0 Å². The van der Waals surface area contributed by atoms with E-state index in [0.717, 1.165) is 0 Å². The van der Waals surface area contributed by atoms with Crippen LogP contribution in [0.1, 0.15) is 0 Å². The zero-order valence-electron chi connectivity index (χ0n) is 16.6. The quantitative estimate of drug-likeness (QED) is 0.254. The van der Waals surface area contributed by atoms with Gasteiger partial charge in [0.25, 0.3) is 0 Å². The fourth-order valence-corrected chi connectivity index (χ4v) is 8.02. The maximum absolute atomic E-state index is 2.53. The zero-order chi connectivity index (χ0) is 18.4. The summed E-state index contributed by atoms with van der Waals surface area (Å²) in [5.74, 6) is 0. The van der Waals surface area contributed by atoms with E-state index in [1.807, 2.05) is 0 Å². The van der Waals surface area contributed by atoms with Crippen LogP contribution in [0.5, 0.6) is 0 Å². The fraction of sp³-hybridized carbons (Fsp3) is 0.250. The van der Waals surface area contributed by atoms with Gasteiger partial charge < -0.3 is 0 Å². The minimum absolute atomic E-state index is 1.39. The minimum atomic E-state index is -1.39. The van der Waals surface area contributed by atoms with Gasteiger partial charge >= 0.3 is 0 Å². The van der Waals surface area contributed by atoms with E-state index in [0.29, 0.717) is 0 Å². The molecule has 26 heavy (non-hydrogen) atoms. The molecule has 5 aromatic rings. The standard InChI is InChI=1S/C24H26Si2/c1-25(2,3)21-13-19-15-10-8-12-18-22(26(4,5)6)14-20(24(15)18)16-9-7-11-17(21)23(16)19/h7-14H,1-6H3. The summed E-state index contributed by atoms with van der Waals surface area (Å²) in [5, 5.41) is 15.1. The summed E-state index contributed by atoms with van der Waals surface area (Å²) in [5.41, 5.74) is 0. The Morgan fingerprint density at radius 2 is 0.808 bits per heavy atom. The molecular formula is C24H26Si2. The van der Waals surface area contributed by atoms with E-state index in [1.54, 1.807) is 10.4 Å². The number of benzene rings is 3. The van der Waals surface area contributed by atoms with E-state index < -0.39 is 16.1 Å². The van der Waals surface area contributed by atoms with Crippen LogP contribution in [-0.4, -0.2) is 16.1 Å². The monoisotopic (exact) mass is 370 g/mol. The number of hydrogen-bond donors (Lipinski definition) is 0. The van der Waals surface area contributed by atoms with Gasteiger partial charge in [0.15, 0.2) is 0 Å². The summed E-state index contributed by atoms with van der Waals surface area (Å²) in [7, 11) is -2.78. The third-order valence-corrected chi connectivity index (χ3v) is 10.1. The summed E-state index contributed by atoms with van der Waals surface area (Å²) in [4.78, 5) is 0. The number of hydrogen-bond acceptors (Lipinski definition) is 0. The second-order valence-corrected chi connectivity index (χ2v) is 20.0. The van der Waals surface area contributed by atoms with Crippen LogP contribution in [0.25, 0.3) is 43.1 Å². The maximum Gasteiger partial charge on any atom is 0.0784 e. The van der Waals surface area contributed by atoms with Gasteiger partial charge in [0.1, 0.15) is 0 Å². The minimum Gasteiger partial charge on any atom is -0.0656 e. The van der Waals surface area contributed by atoms with Crippen molar-refractivity contribution in [2.45, 2.75) is 39.3 Å². The summed E-state index contributed by atoms with van der Waals surface area (Å²) in [6, 6.07) is 19.0. The molecule has 0 saturated carbocycles. The molecule has 0 nitrogen and oxygen atoms in total. The highest BCUT2D eigenvalue weighted by molar-refractivity contribution is 6.91. The second-order valence-electron chi connectivity index (χ2n) is 9.90. The lowest BCUT2D eigenvalue weighted by molar-refractivity contribution is 1.77. The smallest absolute Gasteiger partial charge is 0.0656 e. The van der Waals surface area contributed by atoms with Gasteiger partial charge in [-0.05, 0) is 43.1 Å². The Kier molecular flexibility index (Phi) is 3.05. The van der Waals surface area contributed by atoms with Crippen molar-refractivity contribution >= 4 is 69.6 Å². The van der Waals surface area contributed by atoms with Crippen LogP contribution in [-0.2, 0) is 0 Å². The maximum atomic E-state index is 2.53. The highest BCUT2D eigenvalue weighted by Crippen LogP contribution is 2.41. The Labute approximate surface area is 157 Å². The average Bonchev–Trinajstić information content (AvgIpc) is 3.12. The van der Waals surface area contributed by atoms with Gasteiger partial charge in [-0.1, -0.05) is 98.2 Å². The highest BCUT2D eigenvalue weighted by atomic mass is 28.3. The average molecular weight is 371 g/mol. The van der Waals surface area contributed by atoms with E-state index in [2.05, 4.69) is 87.8 Å². The Morgan fingerprint density at radius 1 is 0.462 bits per heavy atom.